The number of amides is 1. The minimum absolute atomic E-state index is 0.0900. The third-order valence-corrected chi connectivity index (χ3v) is 6.72. The second-order valence-electron chi connectivity index (χ2n) is 6.37. The molecule has 1 unspecified atom stereocenters. The quantitative estimate of drug-likeness (QED) is 0.819. The van der Waals surface area contributed by atoms with E-state index in [1.165, 1.54) is 4.31 Å². The Morgan fingerprint density at radius 1 is 1.08 bits per heavy atom. The van der Waals surface area contributed by atoms with Gasteiger partial charge >= 0.3 is 0 Å². The minimum atomic E-state index is -3.50. The second kappa shape index (κ2) is 8.12. The summed E-state index contributed by atoms with van der Waals surface area (Å²) in [5.41, 5.74) is 1.16. The molecule has 134 valence electrons. The van der Waals surface area contributed by atoms with Crippen molar-refractivity contribution >= 4 is 15.9 Å². The molecule has 0 N–H and O–H groups in total. The van der Waals surface area contributed by atoms with Gasteiger partial charge in [-0.15, -0.1) is 0 Å². The maximum absolute atomic E-state index is 12.9. The van der Waals surface area contributed by atoms with Gasteiger partial charge in [0, 0.05) is 32.6 Å². The van der Waals surface area contributed by atoms with Crippen LogP contribution in [0.25, 0.3) is 0 Å². The molecule has 0 aliphatic carbocycles. The highest BCUT2D eigenvalue weighted by Gasteiger charge is 2.27. The van der Waals surface area contributed by atoms with Crippen molar-refractivity contribution in [2.45, 2.75) is 50.8 Å². The summed E-state index contributed by atoms with van der Waals surface area (Å²) in [7, 11) is -3.50. The zero-order valence-corrected chi connectivity index (χ0v) is 15.7. The number of hydrogen-bond acceptors (Lipinski definition) is 3. The van der Waals surface area contributed by atoms with Gasteiger partial charge in [-0.1, -0.05) is 32.9 Å². The molecule has 0 aromatic heterocycles. The van der Waals surface area contributed by atoms with Crippen LogP contribution in [0.2, 0.25) is 0 Å². The van der Waals surface area contributed by atoms with Crippen molar-refractivity contribution in [2.24, 2.45) is 0 Å². The van der Waals surface area contributed by atoms with Crippen LogP contribution in [0.15, 0.2) is 29.2 Å². The zero-order chi connectivity index (χ0) is 17.7. The molecule has 1 atom stereocenters. The Hall–Kier alpha value is -1.40. The number of hydrogen-bond donors (Lipinski definition) is 0. The van der Waals surface area contributed by atoms with Crippen molar-refractivity contribution in [3.05, 3.63) is 29.8 Å². The Morgan fingerprint density at radius 3 is 2.33 bits per heavy atom. The molecule has 1 fully saturated rings. The molecule has 1 aromatic carbocycles. The van der Waals surface area contributed by atoms with Gasteiger partial charge in [0.1, 0.15) is 0 Å². The smallest absolute Gasteiger partial charge is 0.243 e. The predicted octanol–water partition coefficient (Wildman–Crippen LogP) is 2.83. The van der Waals surface area contributed by atoms with E-state index in [0.717, 1.165) is 12.0 Å². The van der Waals surface area contributed by atoms with E-state index in [-0.39, 0.29) is 5.91 Å². The lowest BCUT2D eigenvalue weighted by Gasteiger charge is -2.22. The van der Waals surface area contributed by atoms with Crippen LogP contribution in [0, 0.1) is 0 Å². The number of carbonyl (C=O) groups is 1. The van der Waals surface area contributed by atoms with E-state index in [1.54, 1.807) is 17.0 Å². The molecular formula is C18H28N2O3S. The summed E-state index contributed by atoms with van der Waals surface area (Å²) >= 11 is 0. The van der Waals surface area contributed by atoms with Gasteiger partial charge in [-0.05, 0) is 36.5 Å². The standard InChI is InChI=1S/C18H28N2O3S/c1-4-15(3)16-7-9-17(10-8-16)24(22,23)20-12-6-11-19(13-14-20)18(21)5-2/h7-10,15H,4-6,11-14H2,1-3H3. The molecule has 1 heterocycles. The van der Waals surface area contributed by atoms with Crippen LogP contribution in [0.1, 0.15) is 51.5 Å². The highest BCUT2D eigenvalue weighted by atomic mass is 32.2. The zero-order valence-electron chi connectivity index (χ0n) is 14.9. The molecule has 0 saturated carbocycles. The molecule has 1 amide bonds. The van der Waals surface area contributed by atoms with Crippen molar-refractivity contribution in [3.8, 4) is 0 Å². The van der Waals surface area contributed by atoms with E-state index in [1.807, 2.05) is 19.1 Å². The summed E-state index contributed by atoms with van der Waals surface area (Å²) in [5, 5.41) is 0. The molecule has 0 bridgehead atoms. The molecule has 6 heteroatoms. The first-order valence-corrected chi connectivity index (χ1v) is 10.2. The first-order valence-electron chi connectivity index (χ1n) is 8.78. The number of sulfonamides is 1. The predicted molar refractivity (Wildman–Crippen MR) is 95.4 cm³/mol. The molecule has 24 heavy (non-hydrogen) atoms. The monoisotopic (exact) mass is 352 g/mol. The number of carbonyl (C=O) groups excluding carboxylic acids is 1. The Balaban J connectivity index is 2.13. The number of rotatable bonds is 5. The van der Waals surface area contributed by atoms with Gasteiger partial charge in [0.15, 0.2) is 0 Å². The minimum Gasteiger partial charge on any atom is -0.341 e. The van der Waals surface area contributed by atoms with Crippen molar-refractivity contribution in [3.63, 3.8) is 0 Å². The van der Waals surface area contributed by atoms with Gasteiger partial charge in [-0.2, -0.15) is 4.31 Å². The summed E-state index contributed by atoms with van der Waals surface area (Å²) in [6.45, 7) is 8.01. The molecule has 1 aliphatic rings. The average molecular weight is 353 g/mol. The van der Waals surface area contributed by atoms with E-state index < -0.39 is 10.0 Å². The largest absolute Gasteiger partial charge is 0.341 e. The molecule has 1 saturated heterocycles. The Labute approximate surface area is 145 Å². The maximum Gasteiger partial charge on any atom is 0.243 e. The maximum atomic E-state index is 12.9. The lowest BCUT2D eigenvalue weighted by atomic mass is 9.99. The van der Waals surface area contributed by atoms with Crippen molar-refractivity contribution in [1.82, 2.24) is 9.21 Å². The van der Waals surface area contributed by atoms with Crippen LogP contribution in [-0.2, 0) is 14.8 Å². The molecule has 0 spiro atoms. The van der Waals surface area contributed by atoms with E-state index in [2.05, 4.69) is 13.8 Å². The van der Waals surface area contributed by atoms with Crippen LogP contribution in [0.3, 0.4) is 0 Å². The van der Waals surface area contributed by atoms with Crippen molar-refractivity contribution in [1.29, 1.82) is 0 Å². The van der Waals surface area contributed by atoms with Gasteiger partial charge in [-0.3, -0.25) is 4.79 Å². The third-order valence-electron chi connectivity index (χ3n) is 4.81. The summed E-state index contributed by atoms with van der Waals surface area (Å²) in [5.74, 6) is 0.515. The number of nitrogens with zero attached hydrogens (tertiary/aromatic N) is 2. The van der Waals surface area contributed by atoms with Crippen LogP contribution in [0.5, 0.6) is 0 Å². The SMILES string of the molecule is CCC(=O)N1CCCN(S(=O)(=O)c2ccc(C(C)CC)cc2)CC1. The fourth-order valence-corrected chi connectivity index (χ4v) is 4.43. The van der Waals surface area contributed by atoms with E-state index in [4.69, 9.17) is 0 Å². The van der Waals surface area contributed by atoms with Crippen LogP contribution in [-0.4, -0.2) is 49.7 Å². The Bertz CT molecular complexity index is 655. The summed E-state index contributed by atoms with van der Waals surface area (Å²) < 4.78 is 27.2. The van der Waals surface area contributed by atoms with Crippen LogP contribution < -0.4 is 0 Å². The Kier molecular flexibility index (Phi) is 6.40. The molecule has 1 aliphatic heterocycles. The highest BCUT2D eigenvalue weighted by Crippen LogP contribution is 2.23. The summed E-state index contributed by atoms with van der Waals surface area (Å²) in [6.07, 6.45) is 2.17. The first kappa shape index (κ1) is 18.9. The topological polar surface area (TPSA) is 57.7 Å². The highest BCUT2D eigenvalue weighted by molar-refractivity contribution is 7.89. The Morgan fingerprint density at radius 2 is 1.75 bits per heavy atom. The molecule has 1 aromatic rings. The van der Waals surface area contributed by atoms with Gasteiger partial charge in [-0.25, -0.2) is 8.42 Å². The summed E-state index contributed by atoms with van der Waals surface area (Å²) in [6, 6.07) is 7.23. The molecular weight excluding hydrogens is 324 g/mol. The first-order chi connectivity index (χ1) is 11.4. The van der Waals surface area contributed by atoms with Crippen molar-refractivity contribution < 1.29 is 13.2 Å². The van der Waals surface area contributed by atoms with E-state index >= 15 is 0 Å². The lowest BCUT2D eigenvalue weighted by molar-refractivity contribution is -0.130. The van der Waals surface area contributed by atoms with Gasteiger partial charge in [0.25, 0.3) is 0 Å². The second-order valence-corrected chi connectivity index (χ2v) is 8.31. The van der Waals surface area contributed by atoms with Crippen LogP contribution >= 0.6 is 0 Å². The summed E-state index contributed by atoms with van der Waals surface area (Å²) in [4.78, 5) is 13.9. The molecule has 5 nitrogen and oxygen atoms in total. The van der Waals surface area contributed by atoms with E-state index in [0.29, 0.717) is 49.8 Å². The van der Waals surface area contributed by atoms with Crippen molar-refractivity contribution in [2.75, 3.05) is 26.2 Å². The number of benzene rings is 1. The molecule has 2 rings (SSSR count). The fourth-order valence-electron chi connectivity index (χ4n) is 2.96. The van der Waals surface area contributed by atoms with Gasteiger partial charge < -0.3 is 4.90 Å². The van der Waals surface area contributed by atoms with Gasteiger partial charge in [0.2, 0.25) is 15.9 Å². The van der Waals surface area contributed by atoms with Crippen LogP contribution in [0.4, 0.5) is 0 Å². The molecule has 0 radical (unpaired) electrons. The fraction of sp³-hybridized carbons (Fsp3) is 0.611. The normalized spacial score (nSPS) is 18.2. The average Bonchev–Trinajstić information content (AvgIpc) is 2.87. The lowest BCUT2D eigenvalue weighted by Crippen LogP contribution is -2.37. The van der Waals surface area contributed by atoms with Gasteiger partial charge in [0.05, 0.1) is 4.90 Å². The van der Waals surface area contributed by atoms with E-state index in [9.17, 15) is 13.2 Å². The third kappa shape index (κ3) is 4.16.